The summed E-state index contributed by atoms with van der Waals surface area (Å²) in [6.45, 7) is 8.97. The van der Waals surface area contributed by atoms with Gasteiger partial charge in [0.2, 0.25) is 0 Å². The molecule has 0 N–H and O–H groups in total. The summed E-state index contributed by atoms with van der Waals surface area (Å²) in [5.74, 6) is -1.63. The predicted molar refractivity (Wildman–Crippen MR) is 88.8 cm³/mol. The van der Waals surface area contributed by atoms with Gasteiger partial charge in [-0.05, 0) is 53.0 Å². The lowest BCUT2D eigenvalue weighted by atomic mass is 9.95. The lowest BCUT2D eigenvalue weighted by Crippen LogP contribution is -2.24. The van der Waals surface area contributed by atoms with Crippen molar-refractivity contribution in [2.45, 2.75) is 53.9 Å². The maximum atomic E-state index is 11.8. The molecule has 0 saturated carbocycles. The monoisotopic (exact) mass is 324 g/mol. The number of Topliss-reactive ketones (excluding diaryl/α,β-unsaturated/α-hetero) is 1. The topological polar surface area (TPSA) is 69.7 Å². The molecule has 0 saturated heterocycles. The van der Waals surface area contributed by atoms with E-state index in [4.69, 9.17) is 9.47 Å². The molecule has 0 aliphatic carbocycles. The highest BCUT2D eigenvalue weighted by atomic mass is 16.5. The molecule has 0 radical (unpaired) electrons. The molecule has 0 fully saturated rings. The molecule has 130 valence electrons. The van der Waals surface area contributed by atoms with E-state index in [-0.39, 0.29) is 18.4 Å². The van der Waals surface area contributed by atoms with Gasteiger partial charge in [-0.1, -0.05) is 17.2 Å². The van der Waals surface area contributed by atoms with E-state index < -0.39 is 11.9 Å². The van der Waals surface area contributed by atoms with Gasteiger partial charge in [-0.3, -0.25) is 14.4 Å². The van der Waals surface area contributed by atoms with Crippen molar-refractivity contribution >= 4 is 17.7 Å². The van der Waals surface area contributed by atoms with Crippen molar-refractivity contribution in [3.8, 4) is 0 Å². The Morgan fingerprint density at radius 1 is 0.957 bits per heavy atom. The molecule has 23 heavy (non-hydrogen) atoms. The molecule has 5 nitrogen and oxygen atoms in total. The van der Waals surface area contributed by atoms with Crippen molar-refractivity contribution in [2.75, 3.05) is 13.2 Å². The lowest BCUT2D eigenvalue weighted by Gasteiger charge is -2.12. The van der Waals surface area contributed by atoms with E-state index in [0.29, 0.717) is 13.0 Å². The van der Waals surface area contributed by atoms with Gasteiger partial charge in [0, 0.05) is 6.92 Å². The first kappa shape index (κ1) is 21.1. The average molecular weight is 324 g/mol. The number of allylic oxidation sites excluding steroid dienone is 3. The van der Waals surface area contributed by atoms with Crippen LogP contribution in [0.25, 0.3) is 0 Å². The molecule has 1 atom stereocenters. The molecular weight excluding hydrogens is 296 g/mol. The number of rotatable bonds is 10. The number of hydrogen-bond acceptors (Lipinski definition) is 5. The molecule has 0 bridgehead atoms. The average Bonchev–Trinajstić information content (AvgIpc) is 2.44. The quantitative estimate of drug-likeness (QED) is 0.350. The molecule has 5 heteroatoms. The first-order chi connectivity index (χ1) is 10.8. The van der Waals surface area contributed by atoms with Gasteiger partial charge in [-0.2, -0.15) is 0 Å². The van der Waals surface area contributed by atoms with E-state index in [1.165, 1.54) is 13.8 Å². The Morgan fingerprint density at radius 2 is 1.61 bits per heavy atom. The van der Waals surface area contributed by atoms with E-state index in [9.17, 15) is 14.4 Å². The molecule has 0 heterocycles. The lowest BCUT2D eigenvalue weighted by molar-refractivity contribution is -0.151. The summed E-state index contributed by atoms with van der Waals surface area (Å²) in [6, 6.07) is 0. The molecule has 0 amide bonds. The minimum absolute atomic E-state index is 0.173. The molecular formula is C18H28O5. The van der Waals surface area contributed by atoms with Crippen LogP contribution in [0.15, 0.2) is 23.3 Å². The summed E-state index contributed by atoms with van der Waals surface area (Å²) in [5, 5.41) is 0. The van der Waals surface area contributed by atoms with Crippen LogP contribution in [-0.4, -0.2) is 30.9 Å². The van der Waals surface area contributed by atoms with Crippen molar-refractivity contribution in [1.29, 1.82) is 0 Å². The zero-order chi connectivity index (χ0) is 17.8. The minimum Gasteiger partial charge on any atom is -0.465 e. The van der Waals surface area contributed by atoms with Crippen LogP contribution in [0.5, 0.6) is 0 Å². The first-order valence-corrected chi connectivity index (χ1v) is 7.89. The van der Waals surface area contributed by atoms with Crippen LogP contribution in [-0.2, 0) is 23.9 Å². The van der Waals surface area contributed by atoms with Gasteiger partial charge in [-0.25, -0.2) is 0 Å². The fourth-order valence-corrected chi connectivity index (χ4v) is 1.99. The fraction of sp³-hybridized carbons (Fsp3) is 0.611. The summed E-state index contributed by atoms with van der Waals surface area (Å²) in [5.41, 5.74) is 2.12. The third kappa shape index (κ3) is 10.4. The van der Waals surface area contributed by atoms with Gasteiger partial charge in [0.05, 0.1) is 6.61 Å². The third-order valence-corrected chi connectivity index (χ3v) is 3.34. The molecule has 1 unspecified atom stereocenters. The number of ether oxygens (including phenoxy) is 2. The highest BCUT2D eigenvalue weighted by Gasteiger charge is 2.24. The van der Waals surface area contributed by atoms with Crippen LogP contribution in [0.2, 0.25) is 0 Å². The van der Waals surface area contributed by atoms with Crippen LogP contribution in [0.4, 0.5) is 0 Å². The largest absolute Gasteiger partial charge is 0.465 e. The van der Waals surface area contributed by atoms with Crippen molar-refractivity contribution in [3.05, 3.63) is 23.3 Å². The van der Waals surface area contributed by atoms with Gasteiger partial charge < -0.3 is 9.47 Å². The second-order valence-corrected chi connectivity index (χ2v) is 5.56. The molecule has 0 rings (SSSR count). The standard InChI is InChI=1S/C18H28O5/c1-6-22-18(21)17(15(4)19)12-14(3)9-7-8-13(2)10-11-23-16(5)20/h9-10,17H,6-8,11-12H2,1-5H3. The Hall–Kier alpha value is -1.91. The summed E-state index contributed by atoms with van der Waals surface area (Å²) in [7, 11) is 0. The van der Waals surface area contributed by atoms with Gasteiger partial charge in [0.25, 0.3) is 0 Å². The molecule has 0 aromatic rings. The highest BCUT2D eigenvalue weighted by Crippen LogP contribution is 2.16. The number of ketones is 1. The predicted octanol–water partition coefficient (Wildman–Crippen LogP) is 3.38. The van der Waals surface area contributed by atoms with E-state index in [0.717, 1.165) is 24.0 Å². The van der Waals surface area contributed by atoms with Crippen LogP contribution in [0, 0.1) is 5.92 Å². The first-order valence-electron chi connectivity index (χ1n) is 7.89. The summed E-state index contributed by atoms with van der Waals surface area (Å²) < 4.78 is 9.78. The van der Waals surface area contributed by atoms with Crippen molar-refractivity contribution in [1.82, 2.24) is 0 Å². The molecule has 0 aliphatic rings. The number of carbonyl (C=O) groups excluding carboxylic acids is 3. The van der Waals surface area contributed by atoms with E-state index >= 15 is 0 Å². The van der Waals surface area contributed by atoms with E-state index in [1.807, 2.05) is 26.0 Å². The van der Waals surface area contributed by atoms with Crippen LogP contribution in [0.1, 0.15) is 53.9 Å². The zero-order valence-corrected chi connectivity index (χ0v) is 14.8. The maximum Gasteiger partial charge on any atom is 0.316 e. The van der Waals surface area contributed by atoms with Gasteiger partial charge in [-0.15, -0.1) is 0 Å². The maximum absolute atomic E-state index is 11.8. The fourth-order valence-electron chi connectivity index (χ4n) is 1.99. The van der Waals surface area contributed by atoms with Crippen molar-refractivity contribution in [3.63, 3.8) is 0 Å². The van der Waals surface area contributed by atoms with Crippen LogP contribution >= 0.6 is 0 Å². The molecule has 0 aromatic carbocycles. The van der Waals surface area contributed by atoms with E-state index in [2.05, 4.69) is 0 Å². The summed E-state index contributed by atoms with van der Waals surface area (Å²) in [6.07, 6.45) is 5.94. The van der Waals surface area contributed by atoms with Gasteiger partial charge in [0.15, 0.2) is 0 Å². The molecule has 0 aromatic heterocycles. The Balaban J connectivity index is 4.40. The van der Waals surface area contributed by atoms with Crippen molar-refractivity contribution in [2.24, 2.45) is 5.92 Å². The normalized spacial score (nSPS) is 13.4. The number of hydrogen-bond donors (Lipinski definition) is 0. The number of esters is 2. The van der Waals surface area contributed by atoms with Gasteiger partial charge in [0.1, 0.15) is 18.3 Å². The Labute approximate surface area is 138 Å². The van der Waals surface area contributed by atoms with Gasteiger partial charge >= 0.3 is 11.9 Å². The Bertz CT molecular complexity index is 474. The van der Waals surface area contributed by atoms with Crippen molar-refractivity contribution < 1.29 is 23.9 Å². The molecule has 0 aliphatic heterocycles. The van der Waals surface area contributed by atoms with Crippen LogP contribution in [0.3, 0.4) is 0 Å². The Morgan fingerprint density at radius 3 is 2.13 bits per heavy atom. The summed E-state index contributed by atoms with van der Waals surface area (Å²) in [4.78, 5) is 34.0. The third-order valence-electron chi connectivity index (χ3n) is 3.34. The second kappa shape index (κ2) is 11.6. The molecule has 0 spiro atoms. The van der Waals surface area contributed by atoms with Crippen LogP contribution < -0.4 is 0 Å². The minimum atomic E-state index is -0.716. The SMILES string of the molecule is CCOC(=O)C(CC(C)=CCCC(C)=CCOC(C)=O)C(C)=O. The second-order valence-electron chi connectivity index (χ2n) is 5.56. The Kier molecular flexibility index (Phi) is 10.7. The highest BCUT2D eigenvalue weighted by molar-refractivity contribution is 5.97. The zero-order valence-electron chi connectivity index (χ0n) is 14.8. The van der Waals surface area contributed by atoms with E-state index in [1.54, 1.807) is 6.92 Å². The smallest absolute Gasteiger partial charge is 0.316 e. The summed E-state index contributed by atoms with van der Waals surface area (Å²) >= 11 is 0. The number of carbonyl (C=O) groups is 3.